The number of hydrogen-bond donors (Lipinski definition) is 2. The summed E-state index contributed by atoms with van der Waals surface area (Å²) in [5.41, 5.74) is 1.38. The average Bonchev–Trinajstić information content (AvgIpc) is 2.27. The first kappa shape index (κ1) is 11.6. The Bertz CT molecular complexity index is 300. The molecule has 16 heavy (non-hydrogen) atoms. The van der Waals surface area contributed by atoms with Gasteiger partial charge in [0, 0.05) is 24.7 Å². The molecule has 1 saturated heterocycles. The molecule has 0 saturated carbocycles. The van der Waals surface area contributed by atoms with E-state index >= 15 is 0 Å². The highest BCUT2D eigenvalue weighted by molar-refractivity contribution is 5.14. The molecule has 1 aromatic carbocycles. The molecule has 1 aliphatic heterocycles. The fourth-order valence-electron chi connectivity index (χ4n) is 2.60. The lowest BCUT2D eigenvalue weighted by atomic mass is 9.95. The van der Waals surface area contributed by atoms with Crippen molar-refractivity contribution in [2.45, 2.75) is 51.4 Å². The van der Waals surface area contributed by atoms with Gasteiger partial charge in [-0.05, 0) is 32.3 Å². The Morgan fingerprint density at radius 1 is 1.12 bits per heavy atom. The van der Waals surface area contributed by atoms with Gasteiger partial charge < -0.3 is 10.6 Å². The fourth-order valence-corrected chi connectivity index (χ4v) is 2.60. The number of benzene rings is 1. The summed E-state index contributed by atoms with van der Waals surface area (Å²) in [5, 5.41) is 7.23. The molecule has 0 bridgehead atoms. The highest BCUT2D eigenvalue weighted by atomic mass is 15.0. The Balaban J connectivity index is 1.81. The van der Waals surface area contributed by atoms with Crippen molar-refractivity contribution in [2.24, 2.45) is 0 Å². The Labute approximate surface area is 98.4 Å². The quantitative estimate of drug-likeness (QED) is 0.813. The molecule has 2 atom stereocenters. The zero-order valence-corrected chi connectivity index (χ0v) is 10.2. The van der Waals surface area contributed by atoms with E-state index in [0.29, 0.717) is 18.1 Å². The molecule has 0 radical (unpaired) electrons. The first-order valence-corrected chi connectivity index (χ1v) is 6.27. The van der Waals surface area contributed by atoms with Crippen LogP contribution in [0.2, 0.25) is 0 Å². The molecule has 0 aliphatic carbocycles. The van der Waals surface area contributed by atoms with Crippen molar-refractivity contribution >= 4 is 0 Å². The van der Waals surface area contributed by atoms with Gasteiger partial charge >= 0.3 is 0 Å². The van der Waals surface area contributed by atoms with Gasteiger partial charge in [0.25, 0.3) is 0 Å². The molecule has 0 amide bonds. The zero-order valence-electron chi connectivity index (χ0n) is 10.2. The highest BCUT2D eigenvalue weighted by Crippen LogP contribution is 2.13. The molecule has 0 aromatic heterocycles. The van der Waals surface area contributed by atoms with E-state index in [4.69, 9.17) is 0 Å². The summed E-state index contributed by atoms with van der Waals surface area (Å²) in [6, 6.07) is 12.6. The third-order valence-electron chi connectivity index (χ3n) is 3.28. The van der Waals surface area contributed by atoms with Crippen molar-refractivity contribution in [1.82, 2.24) is 10.6 Å². The maximum absolute atomic E-state index is 3.66. The van der Waals surface area contributed by atoms with Crippen molar-refractivity contribution in [2.75, 3.05) is 0 Å². The summed E-state index contributed by atoms with van der Waals surface area (Å²) < 4.78 is 0. The van der Waals surface area contributed by atoms with Crippen LogP contribution < -0.4 is 10.6 Å². The third-order valence-corrected chi connectivity index (χ3v) is 3.28. The molecule has 1 aliphatic rings. The summed E-state index contributed by atoms with van der Waals surface area (Å²) >= 11 is 0. The van der Waals surface area contributed by atoms with Gasteiger partial charge in [-0.15, -0.1) is 0 Å². The third kappa shape index (κ3) is 3.32. The van der Waals surface area contributed by atoms with Crippen molar-refractivity contribution in [3.8, 4) is 0 Å². The minimum atomic E-state index is 0.636. The van der Waals surface area contributed by atoms with E-state index in [0.717, 1.165) is 6.54 Å². The number of nitrogens with one attached hydrogen (secondary N) is 2. The van der Waals surface area contributed by atoms with Crippen LogP contribution in [0.3, 0.4) is 0 Å². The van der Waals surface area contributed by atoms with Gasteiger partial charge in [-0.1, -0.05) is 30.3 Å². The largest absolute Gasteiger partial charge is 0.312 e. The average molecular weight is 218 g/mol. The topological polar surface area (TPSA) is 24.1 Å². The van der Waals surface area contributed by atoms with Crippen LogP contribution >= 0.6 is 0 Å². The zero-order chi connectivity index (χ0) is 11.4. The van der Waals surface area contributed by atoms with E-state index in [9.17, 15) is 0 Å². The van der Waals surface area contributed by atoms with E-state index in [1.807, 2.05) is 0 Å². The summed E-state index contributed by atoms with van der Waals surface area (Å²) in [4.78, 5) is 0. The molecular formula is C14H22N2. The summed E-state index contributed by atoms with van der Waals surface area (Å²) in [6.07, 6.45) is 2.47. The summed E-state index contributed by atoms with van der Waals surface area (Å²) in [6.45, 7) is 5.53. The lowest BCUT2D eigenvalue weighted by molar-refractivity contribution is 0.280. The van der Waals surface area contributed by atoms with E-state index < -0.39 is 0 Å². The highest BCUT2D eigenvalue weighted by Gasteiger charge is 2.22. The first-order valence-electron chi connectivity index (χ1n) is 6.27. The second kappa shape index (κ2) is 5.46. The predicted octanol–water partition coefficient (Wildman–Crippen LogP) is 2.31. The van der Waals surface area contributed by atoms with E-state index in [2.05, 4.69) is 54.8 Å². The van der Waals surface area contributed by atoms with Crippen LogP contribution in [0, 0.1) is 0 Å². The minimum absolute atomic E-state index is 0.636. The molecule has 1 heterocycles. The lowest BCUT2D eigenvalue weighted by Crippen LogP contribution is -2.49. The smallest absolute Gasteiger partial charge is 0.0208 e. The van der Waals surface area contributed by atoms with Crippen LogP contribution in [0.4, 0.5) is 0 Å². The van der Waals surface area contributed by atoms with Gasteiger partial charge in [-0.2, -0.15) is 0 Å². The van der Waals surface area contributed by atoms with Gasteiger partial charge in [0.15, 0.2) is 0 Å². The van der Waals surface area contributed by atoms with Crippen molar-refractivity contribution in [1.29, 1.82) is 0 Å². The Morgan fingerprint density at radius 2 is 1.75 bits per heavy atom. The van der Waals surface area contributed by atoms with Crippen LogP contribution in [0.25, 0.3) is 0 Å². The fraction of sp³-hybridized carbons (Fsp3) is 0.571. The van der Waals surface area contributed by atoms with Crippen molar-refractivity contribution in [3.63, 3.8) is 0 Å². The summed E-state index contributed by atoms with van der Waals surface area (Å²) in [5.74, 6) is 0. The van der Waals surface area contributed by atoms with Gasteiger partial charge in [-0.25, -0.2) is 0 Å². The normalized spacial score (nSPS) is 30.2. The van der Waals surface area contributed by atoms with Gasteiger partial charge in [0.2, 0.25) is 0 Å². The second-order valence-corrected chi connectivity index (χ2v) is 5.00. The molecule has 2 rings (SSSR count). The maximum atomic E-state index is 3.66. The lowest BCUT2D eigenvalue weighted by Gasteiger charge is -2.33. The van der Waals surface area contributed by atoms with E-state index in [1.54, 1.807) is 0 Å². The van der Waals surface area contributed by atoms with Crippen LogP contribution in [-0.2, 0) is 6.54 Å². The Morgan fingerprint density at radius 3 is 2.38 bits per heavy atom. The molecule has 0 spiro atoms. The standard InChI is InChI=1S/C14H22N2/c1-11-8-14(9-12(2)16-11)15-10-13-6-4-3-5-7-13/h3-7,11-12,14-16H,8-10H2,1-2H3. The van der Waals surface area contributed by atoms with Crippen LogP contribution in [0.15, 0.2) is 30.3 Å². The second-order valence-electron chi connectivity index (χ2n) is 5.00. The van der Waals surface area contributed by atoms with E-state index in [-0.39, 0.29) is 0 Å². The van der Waals surface area contributed by atoms with Crippen LogP contribution in [0.5, 0.6) is 0 Å². The van der Waals surface area contributed by atoms with Gasteiger partial charge in [-0.3, -0.25) is 0 Å². The van der Waals surface area contributed by atoms with Crippen LogP contribution in [-0.4, -0.2) is 18.1 Å². The molecule has 2 unspecified atom stereocenters. The molecule has 2 N–H and O–H groups in total. The number of piperidine rings is 1. The predicted molar refractivity (Wildman–Crippen MR) is 68.4 cm³/mol. The van der Waals surface area contributed by atoms with Gasteiger partial charge in [0.1, 0.15) is 0 Å². The van der Waals surface area contributed by atoms with Crippen molar-refractivity contribution < 1.29 is 0 Å². The Kier molecular flexibility index (Phi) is 3.97. The molecule has 2 nitrogen and oxygen atoms in total. The molecular weight excluding hydrogens is 196 g/mol. The molecule has 1 fully saturated rings. The summed E-state index contributed by atoms with van der Waals surface area (Å²) in [7, 11) is 0. The number of rotatable bonds is 3. The Hall–Kier alpha value is -0.860. The van der Waals surface area contributed by atoms with Crippen molar-refractivity contribution in [3.05, 3.63) is 35.9 Å². The van der Waals surface area contributed by atoms with Crippen LogP contribution in [0.1, 0.15) is 32.3 Å². The maximum Gasteiger partial charge on any atom is 0.0208 e. The molecule has 88 valence electrons. The number of hydrogen-bond acceptors (Lipinski definition) is 2. The minimum Gasteiger partial charge on any atom is -0.312 e. The molecule has 2 heteroatoms. The SMILES string of the molecule is CC1CC(NCc2ccccc2)CC(C)N1. The monoisotopic (exact) mass is 218 g/mol. The van der Waals surface area contributed by atoms with E-state index in [1.165, 1.54) is 18.4 Å². The first-order chi connectivity index (χ1) is 7.74. The molecule has 1 aromatic rings. The van der Waals surface area contributed by atoms with Gasteiger partial charge in [0.05, 0.1) is 0 Å².